The van der Waals surface area contributed by atoms with E-state index in [2.05, 4.69) is 0 Å². The van der Waals surface area contributed by atoms with Gasteiger partial charge < -0.3 is 29.2 Å². The van der Waals surface area contributed by atoms with Gasteiger partial charge in [-0.25, -0.2) is 8.42 Å². The zero-order valence-corrected chi connectivity index (χ0v) is 8.31. The van der Waals surface area contributed by atoms with Gasteiger partial charge in [-0.2, -0.15) is 0 Å². The summed E-state index contributed by atoms with van der Waals surface area (Å²) in [6, 6.07) is 0. The fraction of sp³-hybridized carbons (Fsp3) is 0. The minimum absolute atomic E-state index is 0. The Kier molecular flexibility index (Phi) is 76.9. The van der Waals surface area contributed by atoms with Gasteiger partial charge in [-0.05, 0) is 0 Å². The van der Waals surface area contributed by atoms with E-state index in [4.69, 9.17) is 17.5 Å². The van der Waals surface area contributed by atoms with Gasteiger partial charge in [-0.15, -0.1) is 0 Å². The van der Waals surface area contributed by atoms with Crippen LogP contribution in [-0.4, -0.2) is 17.5 Å². The Morgan fingerprint density at radius 2 is 1.00 bits per heavy atom. The Hall–Kier alpha value is 0.398. The van der Waals surface area contributed by atoms with Crippen LogP contribution in [0.25, 0.3) is 0 Å². The van der Waals surface area contributed by atoms with Gasteiger partial charge >= 0.3 is 0 Å². The summed E-state index contributed by atoms with van der Waals surface area (Å²) in [5.74, 6) is 0. The Bertz CT molecular complexity index is 100. The second-order valence-electron chi connectivity index (χ2n) is 0.428. The Labute approximate surface area is 73.9 Å². The molecule has 0 heterocycles. The van der Waals surface area contributed by atoms with E-state index in [9.17, 15) is 0 Å². The normalized spacial score (nSPS) is 5.80. The molecule has 0 rings (SSSR count). The van der Waals surface area contributed by atoms with Crippen LogP contribution >= 0.6 is 0 Å². The van der Waals surface area contributed by atoms with E-state index in [0.717, 1.165) is 0 Å². The molecular formula is H13N4O4PtS-. The molecule has 0 spiro atoms. The van der Waals surface area contributed by atoms with Crippen molar-refractivity contribution >= 4 is 10.4 Å². The van der Waals surface area contributed by atoms with Gasteiger partial charge in [0, 0.05) is 21.1 Å². The molecule has 10 heteroatoms. The van der Waals surface area contributed by atoms with Crippen LogP contribution in [0.15, 0.2) is 0 Å². The summed E-state index contributed by atoms with van der Waals surface area (Å²) in [6.07, 6.45) is 0. The Morgan fingerprint density at radius 3 is 1.00 bits per heavy atom. The smallest absolute Gasteiger partial charge is 0.215 e. The maximum absolute atomic E-state index is 8.63. The number of hydrogen-bond donors (Lipinski definition) is 5. The fourth-order valence-electron chi connectivity index (χ4n) is 0. The van der Waals surface area contributed by atoms with E-state index in [-0.39, 0.29) is 45.7 Å². The van der Waals surface area contributed by atoms with Gasteiger partial charge in [0.2, 0.25) is 10.4 Å². The molecule has 8 nitrogen and oxygen atoms in total. The molecule has 10 heavy (non-hydrogen) atoms. The van der Waals surface area contributed by atoms with Crippen LogP contribution in [0.2, 0.25) is 0 Å². The topological polar surface area (TPSA) is 217 Å². The summed E-state index contributed by atoms with van der Waals surface area (Å²) in [7, 11) is -4.92. The van der Waals surface area contributed by atoms with Crippen LogP contribution in [-0.2, 0) is 31.5 Å². The van der Waals surface area contributed by atoms with Crippen LogP contribution in [0.4, 0.5) is 0 Å². The van der Waals surface area contributed by atoms with Gasteiger partial charge in [0.15, 0.2) is 0 Å². The van der Waals surface area contributed by atoms with E-state index >= 15 is 0 Å². The molecule has 0 amide bonds. The summed E-state index contributed by atoms with van der Waals surface area (Å²) in [4.78, 5) is 0. The molecule has 0 fully saturated rings. The minimum Gasteiger partial charge on any atom is -0.726 e. The molecule has 0 atom stereocenters. The molecule has 0 saturated heterocycles. The summed E-state index contributed by atoms with van der Waals surface area (Å²) < 4.78 is 32.8. The molecule has 0 aromatic heterocycles. The predicted octanol–water partition coefficient (Wildman–Crippen LogP) is -0.350. The van der Waals surface area contributed by atoms with E-state index in [1.807, 2.05) is 0 Å². The van der Waals surface area contributed by atoms with Crippen molar-refractivity contribution in [2.24, 2.45) is 0 Å². The molecular weight excluding hydrogens is 347 g/mol. The van der Waals surface area contributed by atoms with Crippen LogP contribution in [0.5, 0.6) is 0 Å². The van der Waals surface area contributed by atoms with Gasteiger partial charge in [-0.3, -0.25) is 4.55 Å². The standard InChI is InChI=1S/4H3N.H2O4S.Pt/c;;;;1-5(2,3)4;/h4*1H3;(H2,1,2,3,4);/p-1. The molecule has 0 saturated carbocycles. The zero-order valence-electron chi connectivity index (χ0n) is 5.22. The first-order chi connectivity index (χ1) is 2.00. The Morgan fingerprint density at radius 1 is 1.00 bits per heavy atom. The van der Waals surface area contributed by atoms with Crippen molar-refractivity contribution in [2.75, 3.05) is 0 Å². The maximum Gasteiger partial charge on any atom is 0.215 e. The third kappa shape index (κ3) is 2900. The Balaban J connectivity index is -0.00000000800. The van der Waals surface area contributed by atoms with Gasteiger partial charge in [0.1, 0.15) is 0 Å². The number of hydrogen-bond acceptors (Lipinski definition) is 7. The number of rotatable bonds is 0. The van der Waals surface area contributed by atoms with E-state index < -0.39 is 10.4 Å². The first-order valence-corrected chi connectivity index (χ1v) is 2.05. The third-order valence-corrected chi connectivity index (χ3v) is 0. The van der Waals surface area contributed by atoms with Crippen LogP contribution < -0.4 is 24.6 Å². The maximum atomic E-state index is 8.63. The van der Waals surface area contributed by atoms with Crippen molar-refractivity contribution < 1.29 is 38.6 Å². The average molecular weight is 360 g/mol. The second kappa shape index (κ2) is 16.2. The average Bonchev–Trinajstić information content (AvgIpc) is 0.722. The SMILES string of the molecule is N.N.N.N.O=S(=O)([O-])O.[Pt]. The summed E-state index contributed by atoms with van der Waals surface area (Å²) >= 11 is 0. The first-order valence-electron chi connectivity index (χ1n) is 0.683. The van der Waals surface area contributed by atoms with E-state index in [0.29, 0.717) is 0 Å². The van der Waals surface area contributed by atoms with Crippen LogP contribution in [0, 0.1) is 0 Å². The molecule has 0 bridgehead atoms. The van der Waals surface area contributed by atoms with Crippen molar-refractivity contribution in [3.63, 3.8) is 0 Å². The third-order valence-electron chi connectivity index (χ3n) is 0. The molecule has 13 N–H and O–H groups in total. The van der Waals surface area contributed by atoms with Gasteiger partial charge in [0.25, 0.3) is 0 Å². The predicted molar refractivity (Wildman–Crippen MR) is 32.4 cm³/mol. The van der Waals surface area contributed by atoms with Crippen molar-refractivity contribution in [3.8, 4) is 0 Å². The monoisotopic (exact) mass is 360 g/mol. The summed E-state index contributed by atoms with van der Waals surface area (Å²) in [6.45, 7) is 0. The quantitative estimate of drug-likeness (QED) is 0.283. The second-order valence-corrected chi connectivity index (χ2v) is 1.28. The fourth-order valence-corrected chi connectivity index (χ4v) is 0. The van der Waals surface area contributed by atoms with E-state index in [1.54, 1.807) is 0 Å². The zero-order chi connectivity index (χ0) is 4.50. The van der Waals surface area contributed by atoms with Crippen LogP contribution in [0.1, 0.15) is 0 Å². The van der Waals surface area contributed by atoms with Gasteiger partial charge in [0.05, 0.1) is 0 Å². The molecule has 0 aliphatic heterocycles. The molecule has 0 aromatic rings. The largest absolute Gasteiger partial charge is 0.726 e. The molecule has 0 aliphatic carbocycles. The van der Waals surface area contributed by atoms with E-state index in [1.165, 1.54) is 0 Å². The minimum atomic E-state index is -4.92. The van der Waals surface area contributed by atoms with Crippen LogP contribution in [0.3, 0.4) is 0 Å². The molecule has 74 valence electrons. The van der Waals surface area contributed by atoms with Crippen molar-refractivity contribution in [3.05, 3.63) is 0 Å². The first kappa shape index (κ1) is 47.5. The molecule has 0 unspecified atom stereocenters. The van der Waals surface area contributed by atoms with Crippen molar-refractivity contribution in [2.45, 2.75) is 0 Å². The molecule has 0 aliphatic rings. The van der Waals surface area contributed by atoms with Crippen molar-refractivity contribution in [1.29, 1.82) is 0 Å². The summed E-state index contributed by atoms with van der Waals surface area (Å²) in [5, 5.41) is 0. The van der Waals surface area contributed by atoms with Crippen molar-refractivity contribution in [1.82, 2.24) is 24.6 Å². The molecule has 0 radical (unpaired) electrons. The molecule has 0 aromatic carbocycles. The van der Waals surface area contributed by atoms with Gasteiger partial charge in [-0.1, -0.05) is 0 Å². The summed E-state index contributed by atoms with van der Waals surface area (Å²) in [5.41, 5.74) is 0.